The normalized spacial score (nSPS) is 19.1. The van der Waals surface area contributed by atoms with Crippen molar-refractivity contribution in [1.82, 2.24) is 10.1 Å². The second-order valence-corrected chi connectivity index (χ2v) is 7.49. The molecule has 28 heavy (non-hydrogen) atoms. The lowest BCUT2D eigenvalue weighted by Crippen LogP contribution is -2.26. The van der Waals surface area contributed by atoms with Gasteiger partial charge in [0.1, 0.15) is 5.82 Å². The molecule has 1 unspecified atom stereocenters. The third-order valence-electron chi connectivity index (χ3n) is 5.68. The molecule has 0 bridgehead atoms. The monoisotopic (exact) mass is 377 g/mol. The molecule has 3 aromatic rings. The minimum Gasteiger partial charge on any atom is -0.339 e. The molecular formula is C22H20FN3O2. The quantitative estimate of drug-likeness (QED) is 0.684. The average Bonchev–Trinajstić information content (AvgIpc) is 3.35. The van der Waals surface area contributed by atoms with Crippen molar-refractivity contribution in [2.45, 2.75) is 38.0 Å². The summed E-state index contributed by atoms with van der Waals surface area (Å²) in [6, 6.07) is 12.2. The Kier molecular flexibility index (Phi) is 4.19. The predicted molar refractivity (Wildman–Crippen MR) is 102 cm³/mol. The number of aryl methyl sites for hydroxylation is 1. The van der Waals surface area contributed by atoms with Gasteiger partial charge >= 0.3 is 0 Å². The molecule has 1 atom stereocenters. The second kappa shape index (κ2) is 6.86. The van der Waals surface area contributed by atoms with Gasteiger partial charge in [-0.3, -0.25) is 4.79 Å². The Balaban J connectivity index is 1.40. The van der Waals surface area contributed by atoms with E-state index >= 15 is 0 Å². The summed E-state index contributed by atoms with van der Waals surface area (Å²) in [7, 11) is 0. The van der Waals surface area contributed by atoms with E-state index in [9.17, 15) is 9.18 Å². The van der Waals surface area contributed by atoms with Crippen molar-refractivity contribution in [1.29, 1.82) is 0 Å². The van der Waals surface area contributed by atoms with Gasteiger partial charge in [-0.15, -0.1) is 0 Å². The van der Waals surface area contributed by atoms with E-state index in [1.807, 2.05) is 17.0 Å². The first kappa shape index (κ1) is 17.1. The van der Waals surface area contributed by atoms with Gasteiger partial charge in [0.05, 0.1) is 5.92 Å². The summed E-state index contributed by atoms with van der Waals surface area (Å²) in [5.74, 6) is 0.521. The van der Waals surface area contributed by atoms with E-state index in [1.165, 1.54) is 36.1 Å². The Morgan fingerprint density at radius 2 is 1.89 bits per heavy atom. The van der Waals surface area contributed by atoms with Crippen LogP contribution in [0, 0.1) is 5.82 Å². The standard InChI is InChI=1S/C22H20FN3O2/c23-17-10-8-15(9-11-17)21-24-22(28-25-21)16-12-20(27)26(13-16)19-7-3-5-14-4-1-2-6-18(14)19/h3,5,7-11,16H,1-2,4,6,12-13H2. The van der Waals surface area contributed by atoms with Crippen molar-refractivity contribution in [3.8, 4) is 11.4 Å². The lowest BCUT2D eigenvalue weighted by atomic mass is 9.90. The number of hydrogen-bond donors (Lipinski definition) is 0. The molecule has 1 aliphatic heterocycles. The summed E-state index contributed by atoms with van der Waals surface area (Å²) in [5.41, 5.74) is 4.38. The van der Waals surface area contributed by atoms with Gasteiger partial charge < -0.3 is 9.42 Å². The molecule has 5 nitrogen and oxygen atoms in total. The molecule has 0 spiro atoms. The van der Waals surface area contributed by atoms with Gasteiger partial charge in [-0.2, -0.15) is 4.98 Å². The van der Waals surface area contributed by atoms with E-state index in [1.54, 1.807) is 12.1 Å². The van der Waals surface area contributed by atoms with Crippen LogP contribution in [0.2, 0.25) is 0 Å². The van der Waals surface area contributed by atoms with Crippen LogP contribution in [0.15, 0.2) is 47.0 Å². The number of amides is 1. The van der Waals surface area contributed by atoms with Crippen molar-refractivity contribution < 1.29 is 13.7 Å². The Bertz CT molecular complexity index is 1030. The highest BCUT2D eigenvalue weighted by molar-refractivity contribution is 5.97. The summed E-state index contributed by atoms with van der Waals surface area (Å²) in [4.78, 5) is 19.1. The molecule has 5 rings (SSSR count). The largest absolute Gasteiger partial charge is 0.339 e. The molecule has 142 valence electrons. The van der Waals surface area contributed by atoms with Crippen molar-refractivity contribution in [2.24, 2.45) is 0 Å². The number of carbonyl (C=O) groups is 1. The predicted octanol–water partition coefficient (Wildman–Crippen LogP) is 4.28. The zero-order chi connectivity index (χ0) is 19.1. The molecule has 2 aromatic carbocycles. The zero-order valence-electron chi connectivity index (χ0n) is 15.4. The number of fused-ring (bicyclic) bond motifs is 1. The van der Waals surface area contributed by atoms with Gasteiger partial charge in [0.25, 0.3) is 0 Å². The van der Waals surface area contributed by atoms with Crippen LogP contribution in [0.3, 0.4) is 0 Å². The van der Waals surface area contributed by atoms with E-state index in [0.717, 1.165) is 18.5 Å². The van der Waals surface area contributed by atoms with Gasteiger partial charge in [0.15, 0.2) is 0 Å². The molecule has 1 saturated heterocycles. The number of carbonyl (C=O) groups excluding carboxylic acids is 1. The highest BCUT2D eigenvalue weighted by Gasteiger charge is 2.36. The highest BCUT2D eigenvalue weighted by Crippen LogP contribution is 2.36. The van der Waals surface area contributed by atoms with E-state index in [4.69, 9.17) is 4.52 Å². The Morgan fingerprint density at radius 3 is 2.75 bits per heavy atom. The van der Waals surface area contributed by atoms with Crippen LogP contribution in [0.5, 0.6) is 0 Å². The van der Waals surface area contributed by atoms with Crippen LogP contribution in [-0.4, -0.2) is 22.6 Å². The van der Waals surface area contributed by atoms with Crippen molar-refractivity contribution in [3.05, 3.63) is 65.3 Å². The van der Waals surface area contributed by atoms with Crippen LogP contribution in [-0.2, 0) is 17.6 Å². The summed E-state index contributed by atoms with van der Waals surface area (Å²) < 4.78 is 18.6. The maximum absolute atomic E-state index is 13.1. The van der Waals surface area contributed by atoms with Gasteiger partial charge in [-0.25, -0.2) is 4.39 Å². The number of aromatic nitrogens is 2. The lowest BCUT2D eigenvalue weighted by molar-refractivity contribution is -0.117. The van der Waals surface area contributed by atoms with Gasteiger partial charge in [0, 0.05) is 24.2 Å². The SMILES string of the molecule is O=C1CC(c2nc(-c3ccc(F)cc3)no2)CN1c1cccc2c1CCCC2. The van der Waals surface area contributed by atoms with Gasteiger partial charge in [-0.1, -0.05) is 17.3 Å². The van der Waals surface area contributed by atoms with Gasteiger partial charge in [-0.05, 0) is 67.1 Å². The maximum atomic E-state index is 13.1. The summed E-state index contributed by atoms with van der Waals surface area (Å²) in [6.07, 6.45) is 4.84. The molecule has 0 saturated carbocycles. The molecule has 0 radical (unpaired) electrons. The molecule has 1 aliphatic carbocycles. The average molecular weight is 377 g/mol. The first-order valence-corrected chi connectivity index (χ1v) is 9.70. The summed E-state index contributed by atoms with van der Waals surface area (Å²) >= 11 is 0. The molecule has 1 aromatic heterocycles. The third-order valence-corrected chi connectivity index (χ3v) is 5.68. The van der Waals surface area contributed by atoms with Crippen molar-refractivity contribution in [2.75, 3.05) is 11.4 Å². The number of halogens is 1. The second-order valence-electron chi connectivity index (χ2n) is 7.49. The molecule has 6 heteroatoms. The Morgan fingerprint density at radius 1 is 1.07 bits per heavy atom. The minimum absolute atomic E-state index is 0.0884. The third kappa shape index (κ3) is 2.99. The highest BCUT2D eigenvalue weighted by atomic mass is 19.1. The van der Waals surface area contributed by atoms with E-state index in [-0.39, 0.29) is 17.6 Å². The fraction of sp³-hybridized carbons (Fsp3) is 0.318. The van der Waals surface area contributed by atoms with Crippen LogP contribution in [0.4, 0.5) is 10.1 Å². The van der Waals surface area contributed by atoms with E-state index in [0.29, 0.717) is 30.2 Å². The fourth-order valence-electron chi connectivity index (χ4n) is 4.24. The minimum atomic E-state index is -0.310. The summed E-state index contributed by atoms with van der Waals surface area (Å²) in [6.45, 7) is 0.542. The zero-order valence-corrected chi connectivity index (χ0v) is 15.4. The van der Waals surface area contributed by atoms with Crippen LogP contribution >= 0.6 is 0 Å². The smallest absolute Gasteiger partial charge is 0.232 e. The topological polar surface area (TPSA) is 59.2 Å². The van der Waals surface area contributed by atoms with Crippen LogP contribution in [0.25, 0.3) is 11.4 Å². The number of rotatable bonds is 3. The van der Waals surface area contributed by atoms with Crippen molar-refractivity contribution in [3.63, 3.8) is 0 Å². The van der Waals surface area contributed by atoms with Crippen LogP contribution in [0.1, 0.15) is 42.2 Å². The Hall–Kier alpha value is -3.02. The molecule has 2 heterocycles. The first-order chi connectivity index (χ1) is 13.7. The van der Waals surface area contributed by atoms with Crippen LogP contribution < -0.4 is 4.90 Å². The van der Waals surface area contributed by atoms with E-state index in [2.05, 4.69) is 16.2 Å². The van der Waals surface area contributed by atoms with E-state index < -0.39 is 0 Å². The molecule has 1 amide bonds. The number of anilines is 1. The number of nitrogens with zero attached hydrogens (tertiary/aromatic N) is 3. The number of benzene rings is 2. The number of hydrogen-bond acceptors (Lipinski definition) is 4. The molecule has 0 N–H and O–H groups in total. The first-order valence-electron chi connectivity index (χ1n) is 9.70. The maximum Gasteiger partial charge on any atom is 0.232 e. The summed E-state index contributed by atoms with van der Waals surface area (Å²) in [5, 5.41) is 4.02. The molecular weight excluding hydrogens is 357 g/mol. The van der Waals surface area contributed by atoms with Gasteiger partial charge in [0.2, 0.25) is 17.6 Å². The Labute approximate surface area is 162 Å². The molecule has 2 aliphatic rings. The lowest BCUT2D eigenvalue weighted by Gasteiger charge is -2.25. The molecule has 1 fully saturated rings. The van der Waals surface area contributed by atoms with Crippen molar-refractivity contribution >= 4 is 11.6 Å². The fourth-order valence-corrected chi connectivity index (χ4v) is 4.24.